The van der Waals surface area contributed by atoms with Gasteiger partial charge in [0.25, 0.3) is 5.91 Å². The van der Waals surface area contributed by atoms with Crippen molar-refractivity contribution in [2.24, 2.45) is 5.92 Å². The van der Waals surface area contributed by atoms with Crippen LogP contribution in [0.1, 0.15) is 52.4 Å². The lowest BCUT2D eigenvalue weighted by Crippen LogP contribution is -2.30. The standard InChI is InChI=1S/C15H20N2O4/c1-4-11-12(9(3)18)8(2)16-13(11)14(19)17-6-5-10(7-17)15(20)21/h10,16H,4-7H2,1-3H3,(H,20,21). The molecule has 0 radical (unpaired) electrons. The number of carbonyl (C=O) groups is 3. The van der Waals surface area contributed by atoms with Crippen LogP contribution in [0.2, 0.25) is 0 Å². The van der Waals surface area contributed by atoms with Crippen LogP contribution < -0.4 is 0 Å². The Morgan fingerprint density at radius 1 is 1.38 bits per heavy atom. The van der Waals surface area contributed by atoms with Crippen molar-refractivity contribution in [1.29, 1.82) is 0 Å². The van der Waals surface area contributed by atoms with E-state index in [1.54, 1.807) is 11.8 Å². The van der Waals surface area contributed by atoms with Crippen molar-refractivity contribution in [2.45, 2.75) is 33.6 Å². The number of aromatic nitrogens is 1. The van der Waals surface area contributed by atoms with E-state index in [9.17, 15) is 14.4 Å². The average molecular weight is 292 g/mol. The van der Waals surface area contributed by atoms with Crippen molar-refractivity contribution >= 4 is 17.7 Å². The third-order valence-electron chi connectivity index (χ3n) is 4.04. The van der Waals surface area contributed by atoms with Gasteiger partial charge >= 0.3 is 5.97 Å². The van der Waals surface area contributed by atoms with Crippen LogP contribution >= 0.6 is 0 Å². The predicted octanol–water partition coefficient (Wildman–Crippen LogP) is 1.63. The van der Waals surface area contributed by atoms with Gasteiger partial charge < -0.3 is 15.0 Å². The maximum absolute atomic E-state index is 12.6. The molecule has 1 unspecified atom stereocenters. The largest absolute Gasteiger partial charge is 0.481 e. The summed E-state index contributed by atoms with van der Waals surface area (Å²) in [5.74, 6) is -1.65. The van der Waals surface area contributed by atoms with Crippen LogP contribution in [-0.2, 0) is 11.2 Å². The van der Waals surface area contributed by atoms with E-state index in [1.807, 2.05) is 6.92 Å². The van der Waals surface area contributed by atoms with Crippen molar-refractivity contribution in [1.82, 2.24) is 9.88 Å². The second kappa shape index (κ2) is 5.71. The summed E-state index contributed by atoms with van der Waals surface area (Å²) in [6.07, 6.45) is 1.05. The lowest BCUT2D eigenvalue weighted by atomic mass is 10.0. The molecule has 1 aliphatic heterocycles. The number of carbonyl (C=O) groups excluding carboxylic acids is 2. The van der Waals surface area contributed by atoms with Gasteiger partial charge in [-0.1, -0.05) is 6.92 Å². The van der Waals surface area contributed by atoms with Gasteiger partial charge in [0.2, 0.25) is 0 Å². The molecule has 1 aliphatic rings. The number of carboxylic acids is 1. The van der Waals surface area contributed by atoms with Crippen LogP contribution in [0.3, 0.4) is 0 Å². The Hall–Kier alpha value is -2.11. The molecule has 1 amide bonds. The smallest absolute Gasteiger partial charge is 0.308 e. The fourth-order valence-corrected chi connectivity index (χ4v) is 2.99. The van der Waals surface area contributed by atoms with Crippen LogP contribution in [0.4, 0.5) is 0 Å². The summed E-state index contributed by atoms with van der Waals surface area (Å²) in [7, 11) is 0. The summed E-state index contributed by atoms with van der Waals surface area (Å²) >= 11 is 0. The van der Waals surface area contributed by atoms with Gasteiger partial charge in [0.05, 0.1) is 5.92 Å². The number of hydrogen-bond acceptors (Lipinski definition) is 3. The Morgan fingerprint density at radius 2 is 2.05 bits per heavy atom. The minimum atomic E-state index is -0.867. The molecule has 6 heteroatoms. The molecule has 6 nitrogen and oxygen atoms in total. The minimum Gasteiger partial charge on any atom is -0.481 e. The normalized spacial score (nSPS) is 18.0. The fraction of sp³-hybridized carbons (Fsp3) is 0.533. The first-order valence-electron chi connectivity index (χ1n) is 7.11. The Balaban J connectivity index is 2.30. The first kappa shape index (κ1) is 15.3. The van der Waals surface area contributed by atoms with Gasteiger partial charge in [-0.15, -0.1) is 0 Å². The number of ketones is 1. The van der Waals surface area contributed by atoms with Gasteiger partial charge in [-0.25, -0.2) is 0 Å². The summed E-state index contributed by atoms with van der Waals surface area (Å²) in [6, 6.07) is 0. The summed E-state index contributed by atoms with van der Waals surface area (Å²) in [6.45, 7) is 5.82. The SMILES string of the molecule is CCc1c(C(=O)N2CCC(C(=O)O)C2)[nH]c(C)c1C(C)=O. The number of rotatable bonds is 4. The minimum absolute atomic E-state index is 0.0653. The number of aromatic amines is 1. The molecule has 2 heterocycles. The molecule has 0 aliphatic carbocycles. The molecule has 0 aromatic carbocycles. The van der Waals surface area contributed by atoms with E-state index in [-0.39, 0.29) is 18.2 Å². The lowest BCUT2D eigenvalue weighted by Gasteiger charge is -2.16. The quantitative estimate of drug-likeness (QED) is 0.825. The van der Waals surface area contributed by atoms with E-state index in [1.165, 1.54) is 6.92 Å². The Kier molecular flexibility index (Phi) is 4.16. The van der Waals surface area contributed by atoms with Gasteiger partial charge in [-0.05, 0) is 32.3 Å². The zero-order chi connectivity index (χ0) is 15.7. The maximum Gasteiger partial charge on any atom is 0.308 e. The molecule has 114 valence electrons. The molecule has 21 heavy (non-hydrogen) atoms. The Morgan fingerprint density at radius 3 is 2.52 bits per heavy atom. The second-order valence-corrected chi connectivity index (χ2v) is 5.46. The Labute approximate surface area is 123 Å². The molecule has 1 aromatic heterocycles. The molecule has 2 rings (SSSR count). The van der Waals surface area contributed by atoms with Crippen molar-refractivity contribution < 1.29 is 19.5 Å². The highest BCUT2D eigenvalue weighted by atomic mass is 16.4. The lowest BCUT2D eigenvalue weighted by molar-refractivity contribution is -0.141. The molecular formula is C15H20N2O4. The summed E-state index contributed by atoms with van der Waals surface area (Å²) in [5, 5.41) is 9.01. The maximum atomic E-state index is 12.6. The summed E-state index contributed by atoms with van der Waals surface area (Å²) in [4.78, 5) is 39.8. The average Bonchev–Trinajstić information content (AvgIpc) is 3.01. The number of aryl methyl sites for hydroxylation is 1. The number of carboxylic acid groups (broad SMARTS) is 1. The molecule has 0 saturated carbocycles. The van der Waals surface area contributed by atoms with E-state index >= 15 is 0 Å². The molecular weight excluding hydrogens is 272 g/mol. The van der Waals surface area contributed by atoms with Crippen molar-refractivity contribution in [2.75, 3.05) is 13.1 Å². The van der Waals surface area contributed by atoms with Gasteiger partial charge in [-0.3, -0.25) is 14.4 Å². The van der Waals surface area contributed by atoms with E-state index in [2.05, 4.69) is 4.98 Å². The number of H-pyrrole nitrogens is 1. The highest BCUT2D eigenvalue weighted by Gasteiger charge is 2.33. The number of amides is 1. The molecule has 1 fully saturated rings. The number of hydrogen-bond donors (Lipinski definition) is 2. The monoisotopic (exact) mass is 292 g/mol. The van der Waals surface area contributed by atoms with Gasteiger partial charge in [-0.2, -0.15) is 0 Å². The molecule has 1 atom stereocenters. The van der Waals surface area contributed by atoms with Crippen LogP contribution in [0.25, 0.3) is 0 Å². The van der Waals surface area contributed by atoms with Gasteiger partial charge in [0.15, 0.2) is 5.78 Å². The van der Waals surface area contributed by atoms with Crippen LogP contribution in [0, 0.1) is 12.8 Å². The predicted molar refractivity (Wildman–Crippen MR) is 76.6 cm³/mol. The molecule has 0 spiro atoms. The molecule has 1 aromatic rings. The zero-order valence-electron chi connectivity index (χ0n) is 12.5. The van der Waals surface area contributed by atoms with Crippen molar-refractivity contribution in [3.05, 3.63) is 22.5 Å². The number of likely N-dealkylation sites (tertiary alicyclic amines) is 1. The number of nitrogens with one attached hydrogen (secondary N) is 1. The van der Waals surface area contributed by atoms with Crippen molar-refractivity contribution in [3.63, 3.8) is 0 Å². The topological polar surface area (TPSA) is 90.5 Å². The highest BCUT2D eigenvalue weighted by molar-refractivity contribution is 6.02. The Bertz CT molecular complexity index is 603. The second-order valence-electron chi connectivity index (χ2n) is 5.46. The first-order chi connectivity index (χ1) is 9.86. The van der Waals surface area contributed by atoms with E-state index < -0.39 is 11.9 Å². The molecule has 0 bridgehead atoms. The van der Waals surface area contributed by atoms with Gasteiger partial charge in [0, 0.05) is 24.3 Å². The number of nitrogens with zero attached hydrogens (tertiary/aromatic N) is 1. The third-order valence-corrected chi connectivity index (χ3v) is 4.04. The highest BCUT2D eigenvalue weighted by Crippen LogP contribution is 2.24. The van der Waals surface area contributed by atoms with Crippen LogP contribution in [0.15, 0.2) is 0 Å². The third kappa shape index (κ3) is 2.70. The zero-order valence-corrected chi connectivity index (χ0v) is 12.5. The van der Waals surface area contributed by atoms with Crippen LogP contribution in [0.5, 0.6) is 0 Å². The molecule has 2 N–H and O–H groups in total. The van der Waals surface area contributed by atoms with E-state index in [4.69, 9.17) is 5.11 Å². The molecule has 1 saturated heterocycles. The van der Waals surface area contributed by atoms with E-state index in [0.717, 1.165) is 5.56 Å². The van der Waals surface area contributed by atoms with E-state index in [0.29, 0.717) is 36.3 Å². The first-order valence-corrected chi connectivity index (χ1v) is 7.11. The number of aliphatic carboxylic acids is 1. The fourth-order valence-electron chi connectivity index (χ4n) is 2.99. The summed E-state index contributed by atoms with van der Waals surface area (Å²) in [5.41, 5.74) is 2.42. The number of Topliss-reactive ketones (excluding diaryl/α,β-unsaturated/α-hetero) is 1. The van der Waals surface area contributed by atoms with Crippen molar-refractivity contribution in [3.8, 4) is 0 Å². The van der Waals surface area contributed by atoms with Gasteiger partial charge in [0.1, 0.15) is 5.69 Å². The summed E-state index contributed by atoms with van der Waals surface area (Å²) < 4.78 is 0. The van der Waals surface area contributed by atoms with Crippen LogP contribution in [-0.4, -0.2) is 45.7 Å².